The average molecular weight is 332 g/mol. The molecule has 0 bridgehead atoms. The Morgan fingerprint density at radius 2 is 1.76 bits per heavy atom. The largest absolute Gasteiger partial charge is 0.418 e. The summed E-state index contributed by atoms with van der Waals surface area (Å²) in [6.45, 7) is 0.279. The van der Waals surface area contributed by atoms with E-state index in [4.69, 9.17) is 11.6 Å². The van der Waals surface area contributed by atoms with Crippen molar-refractivity contribution in [1.29, 1.82) is 0 Å². The van der Waals surface area contributed by atoms with E-state index in [0.29, 0.717) is 0 Å². The van der Waals surface area contributed by atoms with E-state index in [2.05, 4.69) is 5.32 Å². The van der Waals surface area contributed by atoms with E-state index in [1.165, 1.54) is 12.1 Å². The van der Waals surface area contributed by atoms with Crippen LogP contribution in [0.4, 0.5) is 18.9 Å². The van der Waals surface area contributed by atoms with Crippen LogP contribution in [0.1, 0.15) is 11.1 Å². The lowest BCUT2D eigenvalue weighted by molar-refractivity contribution is -0.136. The Bertz CT molecular complexity index is 611. The van der Waals surface area contributed by atoms with Crippen molar-refractivity contribution < 1.29 is 13.2 Å². The Kier molecular flexibility index (Phi) is 5.06. The van der Waals surface area contributed by atoms with Gasteiger partial charge in [-0.3, -0.25) is 0 Å². The van der Waals surface area contributed by atoms with Crippen LogP contribution in [0.5, 0.6) is 0 Å². The minimum Gasteiger partial charge on any atom is -0.379 e. The van der Waals surface area contributed by atoms with Crippen LogP contribution < -0.4 is 5.32 Å². The molecule has 6 heteroatoms. The summed E-state index contributed by atoms with van der Waals surface area (Å²) in [4.78, 5) is 1.10. The van der Waals surface area contributed by atoms with Gasteiger partial charge in [-0.2, -0.15) is 13.2 Å². The van der Waals surface area contributed by atoms with Crippen molar-refractivity contribution in [3.05, 3.63) is 58.6 Å². The molecule has 0 aliphatic carbocycles. The molecule has 0 aliphatic rings. The van der Waals surface area contributed by atoms with Gasteiger partial charge in [-0.1, -0.05) is 29.8 Å². The molecule has 0 radical (unpaired) electrons. The number of rotatable bonds is 4. The highest BCUT2D eigenvalue weighted by Crippen LogP contribution is 2.38. The van der Waals surface area contributed by atoms with E-state index in [1.54, 1.807) is 11.8 Å². The van der Waals surface area contributed by atoms with E-state index in [0.717, 1.165) is 16.5 Å². The van der Waals surface area contributed by atoms with Crippen LogP contribution >= 0.6 is 23.4 Å². The fourth-order valence-electron chi connectivity index (χ4n) is 1.87. The Morgan fingerprint density at radius 3 is 2.33 bits per heavy atom. The van der Waals surface area contributed by atoms with Gasteiger partial charge in [-0.25, -0.2) is 0 Å². The van der Waals surface area contributed by atoms with Gasteiger partial charge in [0, 0.05) is 11.4 Å². The van der Waals surface area contributed by atoms with Gasteiger partial charge >= 0.3 is 6.18 Å². The SMILES string of the molecule is CSc1ccc(CNc2c(Cl)cccc2C(F)(F)F)cc1. The maximum absolute atomic E-state index is 13.0. The molecule has 0 fully saturated rings. The van der Waals surface area contributed by atoms with Crippen LogP contribution in [0, 0.1) is 0 Å². The predicted octanol–water partition coefficient (Wildman–Crippen LogP) is 5.69. The number of thioether (sulfide) groups is 1. The van der Waals surface area contributed by atoms with Crippen molar-refractivity contribution in [3.63, 3.8) is 0 Å². The van der Waals surface area contributed by atoms with E-state index in [9.17, 15) is 13.2 Å². The molecule has 0 atom stereocenters. The molecule has 21 heavy (non-hydrogen) atoms. The Balaban J connectivity index is 2.19. The summed E-state index contributed by atoms with van der Waals surface area (Å²) >= 11 is 7.49. The predicted molar refractivity (Wildman–Crippen MR) is 82.0 cm³/mol. The van der Waals surface area contributed by atoms with Gasteiger partial charge in [-0.05, 0) is 36.1 Å². The monoisotopic (exact) mass is 331 g/mol. The highest BCUT2D eigenvalue weighted by molar-refractivity contribution is 7.98. The molecule has 0 saturated carbocycles. The maximum atomic E-state index is 13.0. The van der Waals surface area contributed by atoms with Crippen molar-refractivity contribution in [2.24, 2.45) is 0 Å². The second-order valence-electron chi connectivity index (χ2n) is 4.36. The topological polar surface area (TPSA) is 12.0 Å². The third-order valence-corrected chi connectivity index (χ3v) is 4.01. The molecule has 2 rings (SSSR count). The van der Waals surface area contributed by atoms with Gasteiger partial charge in [0.15, 0.2) is 0 Å². The molecule has 0 heterocycles. The first-order valence-electron chi connectivity index (χ1n) is 6.14. The van der Waals surface area contributed by atoms with Crippen LogP contribution in [0.25, 0.3) is 0 Å². The van der Waals surface area contributed by atoms with Crippen molar-refractivity contribution in [2.75, 3.05) is 11.6 Å². The summed E-state index contributed by atoms with van der Waals surface area (Å²) in [5.74, 6) is 0. The van der Waals surface area contributed by atoms with Crippen LogP contribution in [0.3, 0.4) is 0 Å². The van der Waals surface area contributed by atoms with Crippen LogP contribution in [-0.2, 0) is 12.7 Å². The molecule has 0 amide bonds. The second-order valence-corrected chi connectivity index (χ2v) is 5.65. The standard InChI is InChI=1S/C15H13ClF3NS/c1-21-11-7-5-10(6-8-11)9-20-14-12(15(17,18)19)3-2-4-13(14)16/h2-8,20H,9H2,1H3. The minimum atomic E-state index is -4.43. The van der Waals surface area contributed by atoms with E-state index in [1.807, 2.05) is 30.5 Å². The zero-order chi connectivity index (χ0) is 15.5. The van der Waals surface area contributed by atoms with Gasteiger partial charge in [0.2, 0.25) is 0 Å². The lowest BCUT2D eigenvalue weighted by Crippen LogP contribution is -2.11. The first-order valence-corrected chi connectivity index (χ1v) is 7.74. The van der Waals surface area contributed by atoms with Gasteiger partial charge < -0.3 is 5.32 Å². The lowest BCUT2D eigenvalue weighted by Gasteiger charge is -2.16. The van der Waals surface area contributed by atoms with E-state index < -0.39 is 11.7 Å². The first-order chi connectivity index (χ1) is 9.91. The van der Waals surface area contributed by atoms with Crippen molar-refractivity contribution in [2.45, 2.75) is 17.6 Å². The summed E-state index contributed by atoms with van der Waals surface area (Å²) in [6, 6.07) is 11.4. The molecule has 0 saturated heterocycles. The molecule has 2 aromatic rings. The number of para-hydroxylation sites is 1. The Morgan fingerprint density at radius 1 is 1.10 bits per heavy atom. The van der Waals surface area contributed by atoms with Gasteiger partial charge in [0.25, 0.3) is 0 Å². The van der Waals surface area contributed by atoms with Crippen LogP contribution in [-0.4, -0.2) is 6.26 Å². The fraction of sp³-hybridized carbons (Fsp3) is 0.200. The van der Waals surface area contributed by atoms with Crippen molar-refractivity contribution in [3.8, 4) is 0 Å². The number of alkyl halides is 3. The maximum Gasteiger partial charge on any atom is 0.418 e. The van der Waals surface area contributed by atoms with Crippen molar-refractivity contribution in [1.82, 2.24) is 0 Å². The van der Waals surface area contributed by atoms with Gasteiger partial charge in [0.1, 0.15) is 0 Å². The highest BCUT2D eigenvalue weighted by atomic mass is 35.5. The van der Waals surface area contributed by atoms with E-state index in [-0.39, 0.29) is 17.3 Å². The normalized spacial score (nSPS) is 11.5. The number of nitrogens with one attached hydrogen (secondary N) is 1. The Hall–Kier alpha value is -1.33. The third-order valence-electron chi connectivity index (χ3n) is 2.95. The quantitative estimate of drug-likeness (QED) is 0.722. The molecular weight excluding hydrogens is 319 g/mol. The number of hydrogen-bond donors (Lipinski definition) is 1. The van der Waals surface area contributed by atoms with Crippen molar-refractivity contribution >= 4 is 29.1 Å². The second kappa shape index (κ2) is 6.62. The van der Waals surface area contributed by atoms with Crippen LogP contribution in [0.2, 0.25) is 5.02 Å². The molecule has 1 nitrogen and oxygen atoms in total. The molecule has 0 aliphatic heterocycles. The molecular formula is C15H13ClF3NS. The highest BCUT2D eigenvalue weighted by Gasteiger charge is 2.34. The molecule has 0 spiro atoms. The zero-order valence-corrected chi connectivity index (χ0v) is 12.7. The summed E-state index contributed by atoms with van der Waals surface area (Å²) < 4.78 is 38.9. The smallest absolute Gasteiger partial charge is 0.379 e. The summed E-state index contributed by atoms with van der Waals surface area (Å²) in [7, 11) is 0. The molecule has 1 N–H and O–H groups in total. The molecule has 0 unspecified atom stereocenters. The van der Waals surface area contributed by atoms with Crippen LogP contribution in [0.15, 0.2) is 47.4 Å². The number of hydrogen-bond acceptors (Lipinski definition) is 2. The summed E-state index contributed by atoms with van der Waals surface area (Å²) in [6.07, 6.45) is -2.47. The first kappa shape index (κ1) is 16.0. The third kappa shape index (κ3) is 4.08. The minimum absolute atomic E-state index is 0.0607. The number of halogens is 4. The molecule has 0 aromatic heterocycles. The zero-order valence-electron chi connectivity index (χ0n) is 11.2. The lowest BCUT2D eigenvalue weighted by atomic mass is 10.1. The van der Waals surface area contributed by atoms with E-state index >= 15 is 0 Å². The van der Waals surface area contributed by atoms with Gasteiger partial charge in [0.05, 0.1) is 16.3 Å². The molecule has 2 aromatic carbocycles. The number of anilines is 1. The fourth-order valence-corrected chi connectivity index (χ4v) is 2.52. The summed E-state index contributed by atoms with van der Waals surface area (Å²) in [5, 5.41) is 2.84. The summed E-state index contributed by atoms with van der Waals surface area (Å²) in [5.41, 5.74) is 0.0530. The number of benzene rings is 2. The average Bonchev–Trinajstić information content (AvgIpc) is 2.45. The Labute approximate surface area is 130 Å². The molecule has 112 valence electrons. The van der Waals surface area contributed by atoms with Gasteiger partial charge in [-0.15, -0.1) is 11.8 Å².